The van der Waals surface area contributed by atoms with E-state index >= 15 is 0 Å². The fourth-order valence-corrected chi connectivity index (χ4v) is 4.99. The number of nitrogens with zero attached hydrogens (tertiary/aromatic N) is 4. The SMILES string of the molecule is CCNC(=O)Nc1ncnc2c1ncn2C1OC(COc2c(F)cccc2C(=O)O)C2O[C@H](/C=C/c3ccccc3)OC21. The molecule has 5 atom stereocenters. The zero-order valence-electron chi connectivity index (χ0n) is 22.8. The summed E-state index contributed by atoms with van der Waals surface area (Å²) in [6, 6.07) is 12.8. The summed E-state index contributed by atoms with van der Waals surface area (Å²) < 4.78 is 40.7. The van der Waals surface area contributed by atoms with Crippen LogP contribution in [-0.4, -0.2) is 74.4 Å². The Bertz CT molecular complexity index is 1670. The van der Waals surface area contributed by atoms with Gasteiger partial charge in [-0.2, -0.15) is 0 Å². The second-order valence-electron chi connectivity index (χ2n) is 9.67. The van der Waals surface area contributed by atoms with E-state index in [9.17, 15) is 19.1 Å². The smallest absolute Gasteiger partial charge is 0.339 e. The first-order chi connectivity index (χ1) is 20.9. The van der Waals surface area contributed by atoms with Gasteiger partial charge in [0.2, 0.25) is 0 Å². The Morgan fingerprint density at radius 2 is 1.88 bits per heavy atom. The Kier molecular flexibility index (Phi) is 7.96. The van der Waals surface area contributed by atoms with Gasteiger partial charge in [0, 0.05) is 6.54 Å². The fourth-order valence-electron chi connectivity index (χ4n) is 4.99. The number of benzene rings is 2. The molecule has 3 N–H and O–H groups in total. The van der Waals surface area contributed by atoms with Crippen molar-refractivity contribution in [1.29, 1.82) is 0 Å². The molecular formula is C29H27FN6O7. The molecular weight excluding hydrogens is 563 g/mol. The van der Waals surface area contributed by atoms with Gasteiger partial charge in [0.15, 0.2) is 41.1 Å². The van der Waals surface area contributed by atoms with E-state index in [-0.39, 0.29) is 18.0 Å². The summed E-state index contributed by atoms with van der Waals surface area (Å²) in [6.07, 6.45) is 2.71. The molecule has 4 heterocycles. The summed E-state index contributed by atoms with van der Waals surface area (Å²) in [5.74, 6) is -2.34. The average Bonchev–Trinajstić information content (AvgIpc) is 3.70. The molecule has 0 radical (unpaired) electrons. The van der Waals surface area contributed by atoms with E-state index in [1.807, 2.05) is 36.4 Å². The minimum Gasteiger partial charge on any atom is -0.487 e. The maximum absolute atomic E-state index is 14.6. The van der Waals surface area contributed by atoms with E-state index in [0.717, 1.165) is 11.6 Å². The van der Waals surface area contributed by atoms with Crippen LogP contribution in [0.15, 0.2) is 67.3 Å². The highest BCUT2D eigenvalue weighted by Gasteiger charge is 2.53. The van der Waals surface area contributed by atoms with Crippen LogP contribution in [0.3, 0.4) is 0 Å². The molecule has 0 bridgehead atoms. The number of ether oxygens (including phenoxy) is 4. The number of amides is 2. The van der Waals surface area contributed by atoms with Gasteiger partial charge < -0.3 is 29.4 Å². The van der Waals surface area contributed by atoms with E-state index in [0.29, 0.717) is 17.7 Å². The van der Waals surface area contributed by atoms with Gasteiger partial charge >= 0.3 is 12.0 Å². The molecule has 0 saturated carbocycles. The molecule has 2 saturated heterocycles. The van der Waals surface area contributed by atoms with Gasteiger partial charge in [-0.1, -0.05) is 42.5 Å². The van der Waals surface area contributed by atoms with Crippen LogP contribution in [0.5, 0.6) is 5.75 Å². The summed E-state index contributed by atoms with van der Waals surface area (Å²) in [5.41, 5.74) is 1.32. The van der Waals surface area contributed by atoms with Gasteiger partial charge in [-0.25, -0.2) is 28.9 Å². The number of urea groups is 1. The Balaban J connectivity index is 1.29. The molecule has 2 fully saturated rings. The van der Waals surface area contributed by atoms with Crippen LogP contribution in [0, 0.1) is 5.82 Å². The third kappa shape index (κ3) is 5.75. The van der Waals surface area contributed by atoms with E-state index in [1.54, 1.807) is 17.6 Å². The minimum atomic E-state index is -1.33. The number of hydrogen-bond donors (Lipinski definition) is 3. The highest BCUT2D eigenvalue weighted by Crippen LogP contribution is 2.41. The number of imidazole rings is 1. The van der Waals surface area contributed by atoms with Crippen LogP contribution in [0.2, 0.25) is 0 Å². The van der Waals surface area contributed by atoms with Crippen LogP contribution in [0.1, 0.15) is 29.1 Å². The van der Waals surface area contributed by atoms with Gasteiger partial charge in [0.05, 0.1) is 6.33 Å². The normalized spacial score (nSPS) is 23.0. The van der Waals surface area contributed by atoms with Crippen molar-refractivity contribution in [3.63, 3.8) is 0 Å². The number of nitrogens with one attached hydrogen (secondary N) is 2. The molecule has 6 rings (SSSR count). The van der Waals surface area contributed by atoms with Crippen molar-refractivity contribution in [2.75, 3.05) is 18.5 Å². The number of carboxylic acids is 1. The molecule has 4 aromatic rings. The quantitative estimate of drug-likeness (QED) is 0.263. The Morgan fingerprint density at radius 3 is 2.67 bits per heavy atom. The van der Waals surface area contributed by atoms with Crippen molar-refractivity contribution in [2.24, 2.45) is 0 Å². The molecule has 2 aromatic heterocycles. The van der Waals surface area contributed by atoms with E-state index in [4.69, 9.17) is 18.9 Å². The van der Waals surface area contributed by atoms with Crippen molar-refractivity contribution in [1.82, 2.24) is 24.8 Å². The minimum absolute atomic E-state index is 0.206. The Morgan fingerprint density at radius 1 is 1.07 bits per heavy atom. The molecule has 43 heavy (non-hydrogen) atoms. The number of aromatic nitrogens is 4. The standard InChI is InChI=1S/C29H27FN6O7/c1-2-31-29(39)35-25-21-26(33-14-32-25)36(15-34-21)27-24-23(42-20(43-24)12-11-16-7-4-3-5-8-16)19(41-27)13-40-22-17(28(37)38)9-6-10-18(22)30/h3-12,14-15,19-20,23-24,27H,2,13H2,1H3,(H,37,38)(H2,31,32,33,35,39)/b12-11+/t19?,20-,23?,24?,27?/m0/s1. The summed E-state index contributed by atoms with van der Waals surface area (Å²) in [6.45, 7) is 1.98. The largest absolute Gasteiger partial charge is 0.487 e. The van der Waals surface area contributed by atoms with Gasteiger partial charge in [0.25, 0.3) is 0 Å². The van der Waals surface area contributed by atoms with Crippen molar-refractivity contribution in [2.45, 2.75) is 37.8 Å². The summed E-state index contributed by atoms with van der Waals surface area (Å²) >= 11 is 0. The lowest BCUT2D eigenvalue weighted by Crippen LogP contribution is -2.33. The Hall–Kier alpha value is -4.92. The van der Waals surface area contributed by atoms with Gasteiger partial charge in [-0.15, -0.1) is 0 Å². The zero-order chi connectivity index (χ0) is 29.9. The molecule has 0 aliphatic carbocycles. The first-order valence-corrected chi connectivity index (χ1v) is 13.5. The summed E-state index contributed by atoms with van der Waals surface area (Å²) in [7, 11) is 0. The van der Waals surface area contributed by atoms with E-state index in [2.05, 4.69) is 25.6 Å². The lowest BCUT2D eigenvalue weighted by molar-refractivity contribution is -0.131. The number of rotatable bonds is 9. The molecule has 2 aliphatic heterocycles. The molecule has 13 nitrogen and oxygen atoms in total. The van der Waals surface area contributed by atoms with Crippen LogP contribution in [-0.2, 0) is 14.2 Å². The zero-order valence-corrected chi connectivity index (χ0v) is 22.8. The summed E-state index contributed by atoms with van der Waals surface area (Å²) in [4.78, 5) is 36.7. The maximum atomic E-state index is 14.6. The highest BCUT2D eigenvalue weighted by molar-refractivity contribution is 5.95. The number of aromatic carboxylic acids is 1. The number of carbonyl (C=O) groups is 2. The van der Waals surface area contributed by atoms with E-state index in [1.165, 1.54) is 24.8 Å². The number of carboxylic acid groups (broad SMARTS) is 1. The molecule has 14 heteroatoms. The number of carbonyl (C=O) groups excluding carboxylic acids is 1. The van der Waals surface area contributed by atoms with Crippen molar-refractivity contribution in [3.8, 4) is 5.75 Å². The van der Waals surface area contributed by atoms with Gasteiger partial charge in [0.1, 0.15) is 36.8 Å². The van der Waals surface area contributed by atoms with Crippen molar-refractivity contribution < 1.29 is 38.0 Å². The lowest BCUT2D eigenvalue weighted by Gasteiger charge is -2.21. The fraction of sp³-hybridized carbons (Fsp3) is 0.276. The Labute approximate surface area is 244 Å². The number of halogens is 1. The molecule has 222 valence electrons. The first-order valence-electron chi connectivity index (χ1n) is 13.5. The van der Waals surface area contributed by atoms with Crippen LogP contribution < -0.4 is 15.4 Å². The predicted octanol–water partition coefficient (Wildman–Crippen LogP) is 3.60. The van der Waals surface area contributed by atoms with Crippen molar-refractivity contribution >= 4 is 35.1 Å². The van der Waals surface area contributed by atoms with Crippen LogP contribution in [0.4, 0.5) is 15.0 Å². The maximum Gasteiger partial charge on any atom is 0.339 e. The second kappa shape index (κ2) is 12.1. The topological polar surface area (TPSA) is 159 Å². The predicted molar refractivity (Wildman–Crippen MR) is 150 cm³/mol. The van der Waals surface area contributed by atoms with Crippen LogP contribution >= 0.6 is 0 Å². The number of fused-ring (bicyclic) bond motifs is 2. The summed E-state index contributed by atoms with van der Waals surface area (Å²) in [5, 5.41) is 14.8. The third-order valence-corrected chi connectivity index (χ3v) is 6.90. The molecule has 2 aromatic carbocycles. The number of para-hydroxylation sites is 1. The van der Waals surface area contributed by atoms with Gasteiger partial charge in [-0.3, -0.25) is 9.88 Å². The number of anilines is 1. The molecule has 2 aliphatic rings. The molecule has 2 amide bonds. The van der Waals surface area contributed by atoms with Crippen LogP contribution in [0.25, 0.3) is 17.2 Å². The highest BCUT2D eigenvalue weighted by atomic mass is 19.1. The molecule has 4 unspecified atom stereocenters. The average molecular weight is 591 g/mol. The van der Waals surface area contributed by atoms with Gasteiger partial charge in [-0.05, 0) is 30.7 Å². The third-order valence-electron chi connectivity index (χ3n) is 6.90. The molecule has 0 spiro atoms. The first kappa shape index (κ1) is 28.2. The lowest BCUT2D eigenvalue weighted by atomic mass is 10.1. The number of hydrogen-bond acceptors (Lipinski definition) is 9. The monoisotopic (exact) mass is 590 g/mol. The second-order valence-corrected chi connectivity index (χ2v) is 9.67. The van der Waals surface area contributed by atoms with Crippen molar-refractivity contribution in [3.05, 3.63) is 84.2 Å². The van der Waals surface area contributed by atoms with E-state index < -0.39 is 54.4 Å².